The van der Waals surface area contributed by atoms with E-state index in [2.05, 4.69) is 0 Å². The van der Waals surface area contributed by atoms with Gasteiger partial charge in [0.2, 0.25) is 0 Å². The van der Waals surface area contributed by atoms with Crippen molar-refractivity contribution in [3.8, 4) is 21.9 Å². The van der Waals surface area contributed by atoms with Gasteiger partial charge in [0.15, 0.2) is 0 Å². The molecular weight excluding hydrogens is 636 g/mol. The normalized spacial score (nSPS) is 13.5. The number of carbonyl (C=O) groups is 1. The van der Waals surface area contributed by atoms with E-state index >= 15 is 0 Å². The number of benzene rings is 3. The Kier molecular flexibility index (Phi) is 12.3. The summed E-state index contributed by atoms with van der Waals surface area (Å²) in [7, 11) is 3.63. The lowest BCUT2D eigenvalue weighted by molar-refractivity contribution is -0.135. The molecule has 0 fully saturated rings. The molecular formula is C29H31O6PS5. The molecule has 0 saturated heterocycles. The number of fused-ring (bicyclic) bond motifs is 1. The van der Waals surface area contributed by atoms with Gasteiger partial charge in [0, 0.05) is 23.0 Å². The minimum atomic E-state index is -2.92. The molecule has 0 aliphatic rings. The van der Waals surface area contributed by atoms with Gasteiger partial charge in [0.05, 0.1) is 25.7 Å². The molecule has 1 aromatic heterocycles. The predicted octanol–water partition coefficient (Wildman–Crippen LogP) is 9.70. The van der Waals surface area contributed by atoms with E-state index in [1.165, 1.54) is 6.66 Å². The molecule has 3 aromatic carbocycles. The maximum atomic E-state index is 12.9. The minimum absolute atomic E-state index is 0.303. The quantitative estimate of drug-likeness (QED) is 0.0308. The Morgan fingerprint density at radius 1 is 0.902 bits per heavy atom. The highest BCUT2D eigenvalue weighted by molar-refractivity contribution is 8.76. The van der Waals surface area contributed by atoms with Crippen molar-refractivity contribution < 1.29 is 27.9 Å². The van der Waals surface area contributed by atoms with Crippen LogP contribution in [0.1, 0.15) is 25.3 Å². The van der Waals surface area contributed by atoms with Crippen molar-refractivity contribution in [3.05, 3.63) is 76.1 Å². The van der Waals surface area contributed by atoms with Crippen LogP contribution in [0.15, 0.2) is 66.7 Å². The first-order chi connectivity index (χ1) is 19.7. The molecule has 0 bridgehead atoms. The molecule has 0 spiro atoms. The molecule has 0 aliphatic carbocycles. The summed E-state index contributed by atoms with van der Waals surface area (Å²) in [5.41, 5.74) is 1.95. The number of esters is 1. The molecule has 0 aliphatic heterocycles. The van der Waals surface area contributed by atoms with Gasteiger partial charge >= 0.3 is 13.6 Å². The van der Waals surface area contributed by atoms with Gasteiger partial charge in [-0.25, -0.2) is 0 Å². The van der Waals surface area contributed by atoms with Gasteiger partial charge in [0.25, 0.3) is 0 Å². The Morgan fingerprint density at radius 2 is 1.59 bits per heavy atom. The first-order valence-electron chi connectivity index (χ1n) is 12.9. The molecule has 1 heterocycles. The zero-order chi connectivity index (χ0) is 29.2. The van der Waals surface area contributed by atoms with Crippen LogP contribution in [-0.2, 0) is 18.4 Å². The second kappa shape index (κ2) is 15.7. The lowest BCUT2D eigenvalue weighted by atomic mass is 9.98. The summed E-state index contributed by atoms with van der Waals surface area (Å²) in [5, 5.41) is 2.07. The van der Waals surface area contributed by atoms with Gasteiger partial charge in [-0.05, 0) is 78.2 Å². The number of hydrogen-bond donors (Lipinski definition) is 0. The molecule has 4 rings (SSSR count). The van der Waals surface area contributed by atoms with E-state index < -0.39 is 13.5 Å². The average molecular weight is 667 g/mol. The van der Waals surface area contributed by atoms with Crippen molar-refractivity contribution in [1.82, 2.24) is 0 Å². The van der Waals surface area contributed by atoms with Gasteiger partial charge in [-0.1, -0.05) is 78.8 Å². The van der Waals surface area contributed by atoms with Crippen LogP contribution in [0.4, 0.5) is 0 Å². The molecule has 0 radical (unpaired) electrons. The second-order valence-corrected chi connectivity index (χ2v) is 16.6. The zero-order valence-corrected chi connectivity index (χ0v) is 27.9. The predicted molar refractivity (Wildman–Crippen MR) is 178 cm³/mol. The van der Waals surface area contributed by atoms with Crippen LogP contribution in [0.3, 0.4) is 0 Å². The Bertz CT molecular complexity index is 1550. The van der Waals surface area contributed by atoms with E-state index in [0.717, 1.165) is 47.9 Å². The largest absolute Gasteiger partial charge is 0.493 e. The maximum absolute atomic E-state index is 12.9. The molecule has 2 atom stereocenters. The summed E-state index contributed by atoms with van der Waals surface area (Å²) in [4.78, 5) is 14.0. The number of ether oxygens (including phenoxy) is 2. The summed E-state index contributed by atoms with van der Waals surface area (Å²) >= 11 is 5.22. The van der Waals surface area contributed by atoms with Gasteiger partial charge in [-0.3, -0.25) is 9.36 Å². The highest BCUT2D eigenvalue weighted by Crippen LogP contribution is 2.43. The van der Waals surface area contributed by atoms with Crippen molar-refractivity contribution >= 4 is 78.8 Å². The summed E-state index contributed by atoms with van der Waals surface area (Å²) < 4.78 is 34.7. The monoisotopic (exact) mass is 666 g/mol. The van der Waals surface area contributed by atoms with E-state index in [9.17, 15) is 9.36 Å². The van der Waals surface area contributed by atoms with Crippen LogP contribution in [0.5, 0.6) is 11.5 Å². The van der Waals surface area contributed by atoms with Crippen LogP contribution >= 0.6 is 62.1 Å². The standard InChI is InChI=1S/C29H31O6PS5/c1-4-33-36(3,31)34-14-16-39-38-15-13-32-26-12-9-23-17-22(5-6-24(23)18-26)20(2)29(30)35-25-10-7-21(8-11-25)27-19-28(37)41-40-27/h5-12,17-20H,4,13-16H2,1-3H3. The Labute approximate surface area is 261 Å². The van der Waals surface area contributed by atoms with Crippen LogP contribution in [-0.4, -0.2) is 44.0 Å². The molecule has 6 nitrogen and oxygen atoms in total. The van der Waals surface area contributed by atoms with Crippen molar-refractivity contribution in [2.24, 2.45) is 0 Å². The third-order valence-electron chi connectivity index (χ3n) is 5.88. The van der Waals surface area contributed by atoms with E-state index in [1.807, 2.05) is 73.7 Å². The van der Waals surface area contributed by atoms with Crippen LogP contribution in [0, 0.1) is 3.82 Å². The number of rotatable bonds is 15. The SMILES string of the molecule is CCOP(C)(=O)OCCSSCCOc1ccc2cc(C(C)C(=O)Oc3ccc(-c4cc(=S)ss4)cc3)ccc2c1. The van der Waals surface area contributed by atoms with Crippen LogP contribution < -0.4 is 9.47 Å². The molecule has 218 valence electrons. The summed E-state index contributed by atoms with van der Waals surface area (Å²) in [6.07, 6.45) is 0. The van der Waals surface area contributed by atoms with E-state index in [4.69, 9.17) is 30.7 Å². The summed E-state index contributed by atoms with van der Waals surface area (Å²) in [6, 6.07) is 21.4. The van der Waals surface area contributed by atoms with Crippen molar-refractivity contribution in [3.63, 3.8) is 0 Å². The smallest absolute Gasteiger partial charge is 0.327 e. The molecule has 0 amide bonds. The van der Waals surface area contributed by atoms with Gasteiger partial charge in [-0.2, -0.15) is 0 Å². The van der Waals surface area contributed by atoms with Gasteiger partial charge in [0.1, 0.15) is 15.3 Å². The first-order valence-corrected chi connectivity index (χ1v) is 20.0. The average Bonchev–Trinajstić information content (AvgIpc) is 3.40. The second-order valence-electron chi connectivity index (χ2n) is 8.94. The Morgan fingerprint density at radius 3 is 2.29 bits per heavy atom. The van der Waals surface area contributed by atoms with Crippen LogP contribution in [0.2, 0.25) is 0 Å². The summed E-state index contributed by atoms with van der Waals surface area (Å²) in [5.74, 6) is 2.13. The highest BCUT2D eigenvalue weighted by Gasteiger charge is 2.18. The highest BCUT2D eigenvalue weighted by atomic mass is 33.1. The molecule has 0 saturated carbocycles. The summed E-state index contributed by atoms with van der Waals surface area (Å²) in [6.45, 7) is 6.47. The van der Waals surface area contributed by atoms with Gasteiger partial charge < -0.3 is 18.5 Å². The molecule has 41 heavy (non-hydrogen) atoms. The van der Waals surface area contributed by atoms with Crippen LogP contribution in [0.25, 0.3) is 21.2 Å². The fourth-order valence-corrected chi connectivity index (χ4v) is 8.97. The van der Waals surface area contributed by atoms with E-state index in [1.54, 1.807) is 49.2 Å². The molecule has 4 aromatic rings. The Balaban J connectivity index is 1.23. The third-order valence-corrected chi connectivity index (χ3v) is 12.5. The van der Waals surface area contributed by atoms with E-state index in [0.29, 0.717) is 25.6 Å². The van der Waals surface area contributed by atoms with E-state index in [-0.39, 0.29) is 5.97 Å². The zero-order valence-electron chi connectivity index (χ0n) is 22.9. The lowest BCUT2D eigenvalue weighted by Gasteiger charge is -2.13. The first kappa shape index (κ1) is 32.2. The third kappa shape index (κ3) is 9.93. The number of hydrogen-bond acceptors (Lipinski definition) is 11. The van der Waals surface area contributed by atoms with Crippen molar-refractivity contribution in [2.45, 2.75) is 19.8 Å². The Hall–Kier alpha value is -1.69. The topological polar surface area (TPSA) is 71.1 Å². The molecule has 12 heteroatoms. The molecule has 2 unspecified atom stereocenters. The minimum Gasteiger partial charge on any atom is -0.493 e. The molecule has 0 N–H and O–H groups in total. The van der Waals surface area contributed by atoms with Crippen molar-refractivity contribution in [2.75, 3.05) is 38.0 Å². The lowest BCUT2D eigenvalue weighted by Crippen LogP contribution is -2.16. The number of carbonyl (C=O) groups excluding carboxylic acids is 1. The fourth-order valence-electron chi connectivity index (χ4n) is 3.82. The maximum Gasteiger partial charge on any atom is 0.327 e. The fraction of sp³-hybridized carbons (Fsp3) is 0.310. The van der Waals surface area contributed by atoms with Gasteiger partial charge in [-0.15, -0.1) is 0 Å². The van der Waals surface area contributed by atoms with Crippen molar-refractivity contribution in [1.29, 1.82) is 0 Å².